The lowest BCUT2D eigenvalue weighted by molar-refractivity contribution is 0.302. The molecule has 1 aromatic heterocycles. The summed E-state index contributed by atoms with van der Waals surface area (Å²) in [6.07, 6.45) is 9.94. The smallest absolute Gasteiger partial charge is 0.0480 e. The van der Waals surface area contributed by atoms with Crippen LogP contribution < -0.4 is 5.73 Å². The van der Waals surface area contributed by atoms with Crippen LogP contribution in [0.15, 0.2) is 24.4 Å². The zero-order valence-electron chi connectivity index (χ0n) is 12.8. The number of fused-ring (bicyclic) bond motifs is 1. The molecule has 1 saturated carbocycles. The van der Waals surface area contributed by atoms with E-state index in [4.69, 9.17) is 5.73 Å². The third-order valence-electron chi connectivity index (χ3n) is 5.23. The van der Waals surface area contributed by atoms with Crippen LogP contribution in [0.2, 0.25) is 0 Å². The predicted molar refractivity (Wildman–Crippen MR) is 86.1 cm³/mol. The maximum atomic E-state index is 6.23. The van der Waals surface area contributed by atoms with Gasteiger partial charge in [-0.15, -0.1) is 0 Å². The first kappa shape index (κ1) is 13.7. The third-order valence-corrected chi connectivity index (χ3v) is 5.23. The molecule has 0 radical (unpaired) electrons. The Balaban J connectivity index is 2.18. The van der Waals surface area contributed by atoms with E-state index in [1.807, 2.05) is 0 Å². The largest absolute Gasteiger partial charge is 0.350 e. The summed E-state index contributed by atoms with van der Waals surface area (Å²) in [5.74, 6) is 0. The van der Waals surface area contributed by atoms with E-state index in [1.165, 1.54) is 54.1 Å². The second kappa shape index (κ2) is 5.25. The van der Waals surface area contributed by atoms with Crippen molar-refractivity contribution < 1.29 is 0 Å². The van der Waals surface area contributed by atoms with Crippen LogP contribution in [0.3, 0.4) is 0 Å². The van der Waals surface area contributed by atoms with Crippen LogP contribution in [-0.4, -0.2) is 11.1 Å². The molecule has 0 atom stereocenters. The maximum Gasteiger partial charge on any atom is 0.0480 e. The highest BCUT2D eigenvalue weighted by Crippen LogP contribution is 2.42. The fraction of sp³-hybridized carbons (Fsp3) is 0.556. The fourth-order valence-corrected chi connectivity index (χ4v) is 3.89. The lowest BCUT2D eigenvalue weighted by atomic mass is 9.69. The van der Waals surface area contributed by atoms with Gasteiger partial charge in [0.05, 0.1) is 0 Å². The Hall–Kier alpha value is -1.28. The molecule has 0 spiro atoms. The summed E-state index contributed by atoms with van der Waals surface area (Å²) in [6, 6.07) is 6.91. The molecule has 1 aliphatic carbocycles. The monoisotopic (exact) mass is 270 g/mol. The number of nitrogens with two attached hydrogens (primary N) is 1. The van der Waals surface area contributed by atoms with Crippen molar-refractivity contribution in [3.8, 4) is 0 Å². The molecule has 0 amide bonds. The highest BCUT2D eigenvalue weighted by Gasteiger charge is 2.34. The lowest BCUT2D eigenvalue weighted by Crippen LogP contribution is -2.37. The molecule has 1 heterocycles. The Morgan fingerprint density at radius 1 is 1.20 bits per heavy atom. The topological polar surface area (TPSA) is 30.9 Å². The Kier molecular flexibility index (Phi) is 3.59. The van der Waals surface area contributed by atoms with Crippen molar-refractivity contribution in [1.82, 2.24) is 4.57 Å². The minimum Gasteiger partial charge on any atom is -0.350 e. The van der Waals surface area contributed by atoms with Gasteiger partial charge < -0.3 is 10.3 Å². The van der Waals surface area contributed by atoms with Gasteiger partial charge in [0.1, 0.15) is 0 Å². The van der Waals surface area contributed by atoms with Crippen molar-refractivity contribution in [2.45, 2.75) is 50.9 Å². The molecular formula is C18H26N2. The molecule has 3 rings (SSSR count). The van der Waals surface area contributed by atoms with E-state index in [9.17, 15) is 0 Å². The zero-order valence-corrected chi connectivity index (χ0v) is 12.8. The van der Waals surface area contributed by atoms with Crippen molar-refractivity contribution in [1.29, 1.82) is 0 Å². The van der Waals surface area contributed by atoms with E-state index in [2.05, 4.69) is 42.9 Å². The summed E-state index contributed by atoms with van der Waals surface area (Å²) in [4.78, 5) is 0. The maximum absolute atomic E-state index is 6.23. The number of hydrogen-bond acceptors (Lipinski definition) is 1. The zero-order chi connectivity index (χ0) is 14.2. The molecule has 1 aromatic carbocycles. The molecule has 2 heteroatoms. The minimum absolute atomic E-state index is 0.212. The molecule has 2 aromatic rings. The molecule has 0 aliphatic heterocycles. The van der Waals surface area contributed by atoms with Gasteiger partial charge in [0.15, 0.2) is 0 Å². The van der Waals surface area contributed by atoms with Crippen LogP contribution in [0, 0.1) is 0 Å². The van der Waals surface area contributed by atoms with Gasteiger partial charge in [-0.25, -0.2) is 0 Å². The quantitative estimate of drug-likeness (QED) is 0.901. The van der Waals surface area contributed by atoms with Crippen LogP contribution in [0.1, 0.15) is 50.2 Å². The van der Waals surface area contributed by atoms with Crippen molar-refractivity contribution >= 4 is 10.9 Å². The van der Waals surface area contributed by atoms with Crippen LogP contribution in [0.4, 0.5) is 0 Å². The summed E-state index contributed by atoms with van der Waals surface area (Å²) in [5, 5.41) is 1.43. The number of hydrogen-bond donors (Lipinski definition) is 1. The molecule has 0 bridgehead atoms. The van der Waals surface area contributed by atoms with Crippen LogP contribution in [0.5, 0.6) is 0 Å². The summed E-state index contributed by atoms with van der Waals surface area (Å²) in [5.41, 5.74) is 10.7. The summed E-state index contributed by atoms with van der Waals surface area (Å²) in [6.45, 7) is 3.01. The number of rotatable bonds is 3. The van der Waals surface area contributed by atoms with E-state index in [-0.39, 0.29) is 5.41 Å². The molecule has 1 fully saturated rings. The molecule has 2 nitrogen and oxygen atoms in total. The van der Waals surface area contributed by atoms with Gasteiger partial charge in [0.25, 0.3) is 0 Å². The first-order valence-electron chi connectivity index (χ1n) is 7.99. The third kappa shape index (κ3) is 2.07. The van der Waals surface area contributed by atoms with E-state index < -0.39 is 0 Å². The molecule has 1 aliphatic rings. The first-order valence-corrected chi connectivity index (χ1v) is 7.99. The molecule has 108 valence electrons. The SMILES string of the molecule is CCc1ccc2c(c1)c(C1(CN)CCCCC1)cn2C. The molecule has 0 unspecified atom stereocenters. The van der Waals surface area contributed by atoms with Gasteiger partial charge in [-0.1, -0.05) is 32.3 Å². The van der Waals surface area contributed by atoms with Crippen LogP contribution >= 0.6 is 0 Å². The van der Waals surface area contributed by atoms with Crippen LogP contribution in [0.25, 0.3) is 10.9 Å². The number of nitrogens with zero attached hydrogens (tertiary/aromatic N) is 1. The van der Waals surface area contributed by atoms with Gasteiger partial charge in [-0.3, -0.25) is 0 Å². The normalized spacial score (nSPS) is 18.6. The number of aryl methyl sites for hydroxylation is 2. The molecular weight excluding hydrogens is 244 g/mol. The lowest BCUT2D eigenvalue weighted by Gasteiger charge is -2.36. The summed E-state index contributed by atoms with van der Waals surface area (Å²) < 4.78 is 2.27. The average molecular weight is 270 g/mol. The highest BCUT2D eigenvalue weighted by atomic mass is 14.9. The minimum atomic E-state index is 0.212. The summed E-state index contributed by atoms with van der Waals surface area (Å²) >= 11 is 0. The summed E-state index contributed by atoms with van der Waals surface area (Å²) in [7, 11) is 2.16. The standard InChI is InChI=1S/C18H26N2/c1-3-14-7-8-17-15(11-14)16(12-20(17)2)18(13-19)9-5-4-6-10-18/h7-8,11-12H,3-6,9-10,13,19H2,1-2H3. The Morgan fingerprint density at radius 3 is 2.60 bits per heavy atom. The number of aromatic nitrogens is 1. The Labute approximate surface area is 122 Å². The van der Waals surface area contributed by atoms with Crippen molar-refractivity contribution in [3.05, 3.63) is 35.5 Å². The van der Waals surface area contributed by atoms with Gasteiger partial charge in [-0.2, -0.15) is 0 Å². The second-order valence-corrected chi connectivity index (χ2v) is 6.40. The Morgan fingerprint density at radius 2 is 1.95 bits per heavy atom. The fourth-order valence-electron chi connectivity index (χ4n) is 3.89. The van der Waals surface area contributed by atoms with E-state index >= 15 is 0 Å². The first-order chi connectivity index (χ1) is 9.70. The number of benzene rings is 1. The van der Waals surface area contributed by atoms with Gasteiger partial charge in [0.2, 0.25) is 0 Å². The van der Waals surface area contributed by atoms with Gasteiger partial charge in [-0.05, 0) is 42.5 Å². The van der Waals surface area contributed by atoms with Crippen molar-refractivity contribution in [3.63, 3.8) is 0 Å². The van der Waals surface area contributed by atoms with E-state index in [1.54, 1.807) is 0 Å². The Bertz CT molecular complexity index is 603. The van der Waals surface area contributed by atoms with Gasteiger partial charge in [0, 0.05) is 36.1 Å². The van der Waals surface area contributed by atoms with Crippen molar-refractivity contribution in [2.75, 3.05) is 6.54 Å². The second-order valence-electron chi connectivity index (χ2n) is 6.40. The van der Waals surface area contributed by atoms with Crippen LogP contribution in [-0.2, 0) is 18.9 Å². The highest BCUT2D eigenvalue weighted by molar-refractivity contribution is 5.86. The molecule has 20 heavy (non-hydrogen) atoms. The van der Waals surface area contributed by atoms with E-state index in [0.29, 0.717) is 0 Å². The molecule has 2 N–H and O–H groups in total. The average Bonchev–Trinajstić information content (AvgIpc) is 2.85. The van der Waals surface area contributed by atoms with Gasteiger partial charge >= 0.3 is 0 Å². The van der Waals surface area contributed by atoms with E-state index in [0.717, 1.165) is 13.0 Å². The van der Waals surface area contributed by atoms with Crippen molar-refractivity contribution in [2.24, 2.45) is 12.8 Å². The molecule has 0 saturated heterocycles. The predicted octanol–water partition coefficient (Wildman–Crippen LogP) is 3.90.